The molecule has 2 aromatic heterocycles. The number of carbonyl (C=O) groups is 1. The quantitative estimate of drug-likeness (QED) is 0.928. The lowest BCUT2D eigenvalue weighted by Crippen LogP contribution is -2.44. The zero-order valence-electron chi connectivity index (χ0n) is 14.6. The first-order chi connectivity index (χ1) is 11.5. The molecule has 24 heavy (non-hydrogen) atoms. The summed E-state index contributed by atoms with van der Waals surface area (Å²) in [6.45, 7) is 9.27. The molecule has 2 aromatic rings. The number of hydrogen-bond donors (Lipinski definition) is 1. The van der Waals surface area contributed by atoms with Crippen molar-refractivity contribution in [3.8, 4) is 0 Å². The Labute approximate surface area is 141 Å². The van der Waals surface area contributed by atoms with Gasteiger partial charge in [-0.3, -0.25) is 9.89 Å². The Morgan fingerprint density at radius 3 is 2.92 bits per heavy atom. The van der Waals surface area contributed by atoms with Crippen molar-refractivity contribution in [2.75, 3.05) is 19.7 Å². The number of amides is 1. The molecule has 1 saturated heterocycles. The van der Waals surface area contributed by atoms with Crippen molar-refractivity contribution in [2.45, 2.75) is 46.1 Å². The molecule has 0 aliphatic carbocycles. The Morgan fingerprint density at radius 1 is 1.50 bits per heavy atom. The second-order valence-corrected chi connectivity index (χ2v) is 6.23. The number of morpholine rings is 1. The maximum absolute atomic E-state index is 12.9. The number of rotatable bonds is 4. The van der Waals surface area contributed by atoms with Gasteiger partial charge in [0.1, 0.15) is 23.4 Å². The standard InChI is InChI=1S/C17H24N4O3/c1-5-15-18-16(20-19-15)14-9-21(6-7-23-14)17(22)11(3)13-8-10(2)24-12(13)4/h8,11,14H,5-7,9H2,1-4H3,(H,18,19,20)/t11-,14+/m0/s1. The van der Waals surface area contributed by atoms with E-state index in [1.807, 2.05) is 38.7 Å². The molecule has 0 unspecified atom stereocenters. The third-order valence-electron chi connectivity index (χ3n) is 4.47. The minimum Gasteiger partial charge on any atom is -0.466 e. The van der Waals surface area contributed by atoms with Gasteiger partial charge in [-0.15, -0.1) is 0 Å². The Kier molecular flexibility index (Phi) is 4.71. The molecule has 0 aromatic carbocycles. The minimum atomic E-state index is -0.279. The second kappa shape index (κ2) is 6.76. The summed E-state index contributed by atoms with van der Waals surface area (Å²) in [5.41, 5.74) is 0.951. The maximum atomic E-state index is 12.9. The molecular weight excluding hydrogens is 308 g/mol. The second-order valence-electron chi connectivity index (χ2n) is 6.23. The van der Waals surface area contributed by atoms with Crippen molar-refractivity contribution in [1.82, 2.24) is 20.1 Å². The first kappa shape index (κ1) is 16.7. The normalized spacial score (nSPS) is 19.5. The largest absolute Gasteiger partial charge is 0.466 e. The highest BCUT2D eigenvalue weighted by molar-refractivity contribution is 5.83. The lowest BCUT2D eigenvalue weighted by Gasteiger charge is -2.33. The van der Waals surface area contributed by atoms with Gasteiger partial charge >= 0.3 is 0 Å². The van der Waals surface area contributed by atoms with Crippen LogP contribution in [0.1, 0.15) is 54.6 Å². The lowest BCUT2D eigenvalue weighted by molar-refractivity contribution is -0.140. The van der Waals surface area contributed by atoms with Crippen LogP contribution < -0.4 is 0 Å². The van der Waals surface area contributed by atoms with E-state index in [1.54, 1.807) is 0 Å². The third kappa shape index (κ3) is 3.21. The van der Waals surface area contributed by atoms with E-state index in [1.165, 1.54) is 0 Å². The number of furan rings is 1. The van der Waals surface area contributed by atoms with Gasteiger partial charge in [0, 0.05) is 18.5 Å². The van der Waals surface area contributed by atoms with Crippen molar-refractivity contribution in [1.29, 1.82) is 0 Å². The molecule has 2 atom stereocenters. The van der Waals surface area contributed by atoms with Crippen molar-refractivity contribution >= 4 is 5.91 Å². The summed E-state index contributed by atoms with van der Waals surface area (Å²) in [7, 11) is 0. The van der Waals surface area contributed by atoms with Gasteiger partial charge in [0.05, 0.1) is 19.1 Å². The number of nitrogens with zero attached hydrogens (tertiary/aromatic N) is 3. The zero-order chi connectivity index (χ0) is 17.3. The number of H-pyrrole nitrogens is 1. The average molecular weight is 332 g/mol. The third-order valence-corrected chi connectivity index (χ3v) is 4.47. The summed E-state index contributed by atoms with van der Waals surface area (Å²) in [6.07, 6.45) is 0.511. The molecule has 130 valence electrons. The molecule has 3 heterocycles. The topological polar surface area (TPSA) is 84.2 Å². The van der Waals surface area contributed by atoms with E-state index in [0.717, 1.165) is 29.3 Å². The van der Waals surface area contributed by atoms with Crippen LogP contribution in [0.15, 0.2) is 10.5 Å². The molecule has 1 aliphatic rings. The summed E-state index contributed by atoms with van der Waals surface area (Å²) in [6, 6.07) is 1.94. The predicted octanol–water partition coefficient (Wildman–Crippen LogP) is 2.28. The summed E-state index contributed by atoms with van der Waals surface area (Å²) in [5, 5.41) is 7.11. The highest BCUT2D eigenvalue weighted by atomic mass is 16.5. The Balaban J connectivity index is 1.71. The number of aromatic amines is 1. The molecule has 0 bridgehead atoms. The Bertz CT molecular complexity index is 721. The number of carbonyl (C=O) groups excluding carboxylic acids is 1. The molecule has 1 fully saturated rings. The Hall–Kier alpha value is -2.15. The van der Waals surface area contributed by atoms with Gasteiger partial charge in [0.2, 0.25) is 5.91 Å². The zero-order valence-corrected chi connectivity index (χ0v) is 14.6. The van der Waals surface area contributed by atoms with Crippen molar-refractivity contribution in [3.05, 3.63) is 34.8 Å². The van der Waals surface area contributed by atoms with Crippen LogP contribution >= 0.6 is 0 Å². The molecular formula is C17H24N4O3. The van der Waals surface area contributed by atoms with Gasteiger partial charge < -0.3 is 14.1 Å². The van der Waals surface area contributed by atoms with Gasteiger partial charge in [-0.1, -0.05) is 6.92 Å². The average Bonchev–Trinajstić information content (AvgIpc) is 3.19. The fourth-order valence-corrected chi connectivity index (χ4v) is 3.11. The van der Waals surface area contributed by atoms with E-state index < -0.39 is 0 Å². The molecule has 3 rings (SSSR count). The lowest BCUT2D eigenvalue weighted by atomic mass is 9.99. The van der Waals surface area contributed by atoms with E-state index in [2.05, 4.69) is 15.2 Å². The maximum Gasteiger partial charge on any atom is 0.230 e. The smallest absolute Gasteiger partial charge is 0.230 e. The molecule has 0 spiro atoms. The predicted molar refractivity (Wildman–Crippen MR) is 87.6 cm³/mol. The summed E-state index contributed by atoms with van der Waals surface area (Å²) in [5.74, 6) is 2.93. The van der Waals surface area contributed by atoms with Crippen LogP contribution in [-0.2, 0) is 16.0 Å². The van der Waals surface area contributed by atoms with Gasteiger partial charge in [-0.05, 0) is 26.8 Å². The van der Waals surface area contributed by atoms with Crippen molar-refractivity contribution < 1.29 is 13.9 Å². The fraction of sp³-hybridized carbons (Fsp3) is 0.588. The summed E-state index contributed by atoms with van der Waals surface area (Å²) >= 11 is 0. The highest BCUT2D eigenvalue weighted by Gasteiger charge is 2.31. The van der Waals surface area contributed by atoms with E-state index in [4.69, 9.17) is 9.15 Å². The van der Waals surface area contributed by atoms with E-state index in [0.29, 0.717) is 25.5 Å². The van der Waals surface area contributed by atoms with Crippen LogP contribution in [0, 0.1) is 13.8 Å². The van der Waals surface area contributed by atoms with E-state index >= 15 is 0 Å². The van der Waals surface area contributed by atoms with Crippen LogP contribution in [0.5, 0.6) is 0 Å². The monoisotopic (exact) mass is 332 g/mol. The van der Waals surface area contributed by atoms with Crippen LogP contribution in [-0.4, -0.2) is 45.7 Å². The van der Waals surface area contributed by atoms with Gasteiger partial charge in [-0.25, -0.2) is 4.98 Å². The van der Waals surface area contributed by atoms with E-state index in [-0.39, 0.29) is 17.9 Å². The van der Waals surface area contributed by atoms with Crippen LogP contribution in [0.4, 0.5) is 0 Å². The molecule has 7 heteroatoms. The van der Waals surface area contributed by atoms with Crippen LogP contribution in [0.2, 0.25) is 0 Å². The SMILES string of the molecule is CCc1nc([C@H]2CN(C(=O)[C@@H](C)c3cc(C)oc3C)CCO2)n[nH]1. The van der Waals surface area contributed by atoms with Crippen molar-refractivity contribution in [2.24, 2.45) is 0 Å². The number of aryl methyl sites for hydroxylation is 3. The molecule has 7 nitrogen and oxygen atoms in total. The number of nitrogens with one attached hydrogen (secondary N) is 1. The van der Waals surface area contributed by atoms with Gasteiger partial charge in [0.15, 0.2) is 5.82 Å². The molecule has 0 saturated carbocycles. The first-order valence-electron chi connectivity index (χ1n) is 8.38. The van der Waals surface area contributed by atoms with Crippen molar-refractivity contribution in [3.63, 3.8) is 0 Å². The summed E-state index contributed by atoms with van der Waals surface area (Å²) in [4.78, 5) is 19.1. The minimum absolute atomic E-state index is 0.0819. The molecule has 1 amide bonds. The summed E-state index contributed by atoms with van der Waals surface area (Å²) < 4.78 is 11.3. The molecule has 0 radical (unpaired) electrons. The molecule has 1 N–H and O–H groups in total. The number of aromatic nitrogens is 3. The van der Waals surface area contributed by atoms with Gasteiger partial charge in [-0.2, -0.15) is 5.10 Å². The van der Waals surface area contributed by atoms with Crippen LogP contribution in [0.25, 0.3) is 0 Å². The highest BCUT2D eigenvalue weighted by Crippen LogP contribution is 2.27. The van der Waals surface area contributed by atoms with E-state index in [9.17, 15) is 4.79 Å². The number of ether oxygens (including phenoxy) is 1. The number of hydrogen-bond acceptors (Lipinski definition) is 5. The fourth-order valence-electron chi connectivity index (χ4n) is 3.11. The Morgan fingerprint density at radius 2 is 2.29 bits per heavy atom. The first-order valence-corrected chi connectivity index (χ1v) is 8.38. The van der Waals surface area contributed by atoms with Gasteiger partial charge in [0.25, 0.3) is 0 Å². The molecule has 1 aliphatic heterocycles. The van der Waals surface area contributed by atoms with Crippen LogP contribution in [0.3, 0.4) is 0 Å².